The first-order chi connectivity index (χ1) is 12.2. The van der Waals surface area contributed by atoms with E-state index in [-0.39, 0.29) is 24.4 Å². The number of piperidine rings is 1. The highest BCUT2D eigenvalue weighted by Crippen LogP contribution is 2.22. The van der Waals surface area contributed by atoms with Crippen molar-refractivity contribution in [1.29, 1.82) is 0 Å². The molecule has 2 aliphatic rings. The predicted octanol–water partition coefficient (Wildman–Crippen LogP) is 3.43. The van der Waals surface area contributed by atoms with Crippen LogP contribution < -0.4 is 10.6 Å². The molecule has 1 amide bonds. The van der Waals surface area contributed by atoms with E-state index in [2.05, 4.69) is 27.7 Å². The number of carbonyl (C=O) groups is 1. The smallest absolute Gasteiger partial charge is 0.237 e. The third-order valence-electron chi connectivity index (χ3n) is 5.03. The summed E-state index contributed by atoms with van der Waals surface area (Å²) in [6.07, 6.45) is 4.54. The minimum Gasteiger partial charge on any atom is -0.354 e. The molecule has 0 radical (unpaired) electrons. The quantitative estimate of drug-likeness (QED) is 0.666. The number of hydrogen-bond donors (Lipinski definition) is 2. The van der Waals surface area contributed by atoms with E-state index < -0.39 is 0 Å². The number of benzene rings is 1. The maximum absolute atomic E-state index is 12.1. The molecule has 26 heavy (non-hydrogen) atoms. The Morgan fingerprint density at radius 2 is 2.08 bits per heavy atom. The Labute approximate surface area is 172 Å². The molecule has 0 saturated carbocycles. The van der Waals surface area contributed by atoms with Crippen molar-refractivity contribution in [2.75, 3.05) is 38.5 Å². The highest BCUT2D eigenvalue weighted by Gasteiger charge is 2.24. The van der Waals surface area contributed by atoms with Crippen LogP contribution in [0.2, 0.25) is 5.02 Å². The molecule has 2 unspecified atom stereocenters. The van der Waals surface area contributed by atoms with Gasteiger partial charge in [-0.25, -0.2) is 0 Å². The van der Waals surface area contributed by atoms with Gasteiger partial charge in [0.05, 0.1) is 6.04 Å². The molecule has 4 nitrogen and oxygen atoms in total. The largest absolute Gasteiger partial charge is 0.354 e. The molecule has 2 atom stereocenters. The lowest BCUT2D eigenvalue weighted by Crippen LogP contribution is -2.45. The van der Waals surface area contributed by atoms with Gasteiger partial charge in [0.15, 0.2) is 0 Å². The number of likely N-dealkylation sites (tertiary alicyclic amines) is 1. The lowest BCUT2D eigenvalue weighted by molar-refractivity contribution is -0.123. The number of amides is 1. The van der Waals surface area contributed by atoms with E-state index in [9.17, 15) is 4.79 Å². The minimum absolute atomic E-state index is 0. The van der Waals surface area contributed by atoms with Crippen LogP contribution in [0.1, 0.15) is 25.7 Å². The van der Waals surface area contributed by atoms with Crippen molar-refractivity contribution in [3.8, 4) is 0 Å². The van der Waals surface area contributed by atoms with Crippen LogP contribution in [0.4, 0.5) is 0 Å². The van der Waals surface area contributed by atoms with Gasteiger partial charge >= 0.3 is 0 Å². The number of carbonyl (C=O) groups excluding carboxylic acids is 1. The fraction of sp³-hybridized carbons (Fsp3) is 0.632. The molecule has 2 fully saturated rings. The van der Waals surface area contributed by atoms with Crippen molar-refractivity contribution >= 4 is 41.7 Å². The Hall–Kier alpha value is -0.460. The van der Waals surface area contributed by atoms with E-state index in [1.54, 1.807) is 0 Å². The first-order valence-corrected chi connectivity index (χ1v) is 10.7. The van der Waals surface area contributed by atoms with E-state index in [4.69, 9.17) is 11.6 Å². The van der Waals surface area contributed by atoms with Crippen LogP contribution in [0.3, 0.4) is 0 Å². The molecule has 146 valence electrons. The average Bonchev–Trinajstić information content (AvgIpc) is 3.17. The Morgan fingerprint density at radius 1 is 1.27 bits per heavy atom. The molecule has 0 bridgehead atoms. The maximum atomic E-state index is 12.1. The third-order valence-corrected chi connectivity index (χ3v) is 6.28. The minimum atomic E-state index is 0. The molecule has 2 aliphatic heterocycles. The summed E-state index contributed by atoms with van der Waals surface area (Å²) in [6.45, 7) is 5.16. The lowest BCUT2D eigenvalue weighted by atomic mass is 9.98. The Morgan fingerprint density at radius 3 is 2.81 bits per heavy atom. The van der Waals surface area contributed by atoms with Crippen molar-refractivity contribution in [3.63, 3.8) is 0 Å². The first-order valence-electron chi connectivity index (χ1n) is 9.32. The second kappa shape index (κ2) is 11.4. The molecule has 1 aromatic rings. The van der Waals surface area contributed by atoms with E-state index in [0.29, 0.717) is 5.92 Å². The van der Waals surface area contributed by atoms with Crippen molar-refractivity contribution in [1.82, 2.24) is 15.5 Å². The van der Waals surface area contributed by atoms with Gasteiger partial charge < -0.3 is 15.5 Å². The van der Waals surface area contributed by atoms with Crippen LogP contribution >= 0.6 is 35.8 Å². The predicted molar refractivity (Wildman–Crippen MR) is 113 cm³/mol. The van der Waals surface area contributed by atoms with Crippen LogP contribution in [0.5, 0.6) is 0 Å². The summed E-state index contributed by atoms with van der Waals surface area (Å²) < 4.78 is 0. The normalized spacial score (nSPS) is 23.4. The maximum Gasteiger partial charge on any atom is 0.237 e. The van der Waals surface area contributed by atoms with Crippen molar-refractivity contribution in [2.45, 2.75) is 36.6 Å². The average molecular weight is 418 g/mol. The zero-order valence-electron chi connectivity index (χ0n) is 15.1. The number of halogens is 2. The molecular formula is C19H29Cl2N3OS. The zero-order valence-corrected chi connectivity index (χ0v) is 17.5. The summed E-state index contributed by atoms with van der Waals surface area (Å²) in [6, 6.07) is 8.10. The summed E-state index contributed by atoms with van der Waals surface area (Å²) in [4.78, 5) is 15.9. The zero-order chi connectivity index (χ0) is 17.5. The third kappa shape index (κ3) is 6.93. The highest BCUT2D eigenvalue weighted by atomic mass is 35.5. The van der Waals surface area contributed by atoms with Gasteiger partial charge in [-0.2, -0.15) is 0 Å². The van der Waals surface area contributed by atoms with Crippen LogP contribution in [-0.4, -0.2) is 55.3 Å². The van der Waals surface area contributed by atoms with Gasteiger partial charge in [0, 0.05) is 35.3 Å². The molecule has 3 rings (SSSR count). The fourth-order valence-electron chi connectivity index (χ4n) is 3.62. The van der Waals surface area contributed by atoms with Crippen LogP contribution in [0, 0.1) is 5.92 Å². The number of nitrogens with zero attached hydrogens (tertiary/aromatic N) is 1. The number of hydrogen-bond acceptors (Lipinski definition) is 4. The molecule has 2 N–H and O–H groups in total. The monoisotopic (exact) mass is 417 g/mol. The summed E-state index contributed by atoms with van der Waals surface area (Å²) in [7, 11) is 0. The van der Waals surface area contributed by atoms with Gasteiger partial charge in [-0.15, -0.1) is 24.2 Å². The summed E-state index contributed by atoms with van der Waals surface area (Å²) in [5.74, 6) is 1.86. The van der Waals surface area contributed by atoms with Gasteiger partial charge in [-0.3, -0.25) is 4.79 Å². The topological polar surface area (TPSA) is 44.4 Å². The van der Waals surface area contributed by atoms with E-state index in [0.717, 1.165) is 49.8 Å². The van der Waals surface area contributed by atoms with Gasteiger partial charge in [0.25, 0.3) is 0 Å². The molecule has 0 aromatic heterocycles. The van der Waals surface area contributed by atoms with Crippen molar-refractivity contribution < 1.29 is 4.79 Å². The van der Waals surface area contributed by atoms with Gasteiger partial charge in [-0.1, -0.05) is 11.6 Å². The van der Waals surface area contributed by atoms with Gasteiger partial charge in [0.1, 0.15) is 0 Å². The van der Waals surface area contributed by atoms with Gasteiger partial charge in [-0.05, 0) is 69.0 Å². The lowest BCUT2D eigenvalue weighted by Gasteiger charge is -2.32. The van der Waals surface area contributed by atoms with E-state index in [1.807, 2.05) is 23.9 Å². The Kier molecular flexibility index (Phi) is 9.57. The Balaban J connectivity index is 0.00000243. The van der Waals surface area contributed by atoms with Crippen LogP contribution in [-0.2, 0) is 4.79 Å². The molecule has 0 spiro atoms. The van der Waals surface area contributed by atoms with Crippen molar-refractivity contribution in [2.24, 2.45) is 5.92 Å². The fourth-order valence-corrected chi connectivity index (χ4v) is 4.66. The number of thioether (sulfide) groups is 1. The van der Waals surface area contributed by atoms with E-state index in [1.165, 1.54) is 24.3 Å². The van der Waals surface area contributed by atoms with Crippen molar-refractivity contribution in [3.05, 3.63) is 29.3 Å². The van der Waals surface area contributed by atoms with Gasteiger partial charge in [0.2, 0.25) is 5.91 Å². The molecule has 7 heteroatoms. The molecular weight excluding hydrogens is 389 g/mol. The summed E-state index contributed by atoms with van der Waals surface area (Å²) in [5, 5.41) is 7.21. The number of nitrogens with one attached hydrogen (secondary N) is 2. The molecule has 2 heterocycles. The first kappa shape index (κ1) is 21.8. The summed E-state index contributed by atoms with van der Waals surface area (Å²) >= 11 is 7.81. The van der Waals surface area contributed by atoms with E-state index >= 15 is 0 Å². The standard InChI is InChI=1S/C19H28ClN3OS.ClH/c20-16-5-7-17(8-6-16)25-12-11-23-10-2-3-15(14-23)13-22-19(24)18-4-1-9-21-18;/h5-8,15,18,21H,1-4,9-14H2,(H,22,24);1H. The summed E-state index contributed by atoms with van der Waals surface area (Å²) in [5.41, 5.74) is 0. The molecule has 2 saturated heterocycles. The highest BCUT2D eigenvalue weighted by molar-refractivity contribution is 7.99. The SMILES string of the molecule is Cl.O=C(NCC1CCCN(CCSc2ccc(Cl)cc2)C1)C1CCCN1. The molecule has 1 aromatic carbocycles. The van der Waals surface area contributed by atoms with Crippen LogP contribution in [0.25, 0.3) is 0 Å². The van der Waals surface area contributed by atoms with Crippen LogP contribution in [0.15, 0.2) is 29.2 Å². The molecule has 0 aliphatic carbocycles. The second-order valence-corrected chi connectivity index (χ2v) is 8.61. The Bertz CT molecular complexity index is 552. The second-order valence-electron chi connectivity index (χ2n) is 7.01. The number of rotatable bonds is 7.